The van der Waals surface area contributed by atoms with Gasteiger partial charge in [-0.25, -0.2) is 4.79 Å². The van der Waals surface area contributed by atoms with E-state index in [1.807, 2.05) is 0 Å². The largest absolute Gasteiger partial charge is 0.480 e. The van der Waals surface area contributed by atoms with Crippen molar-refractivity contribution in [2.24, 2.45) is 17.4 Å². The van der Waals surface area contributed by atoms with Crippen LogP contribution in [0, 0.1) is 5.92 Å². The molecule has 0 aromatic rings. The summed E-state index contributed by atoms with van der Waals surface area (Å²) in [6.07, 6.45) is 0.206. The van der Waals surface area contributed by atoms with Gasteiger partial charge in [-0.05, 0) is 19.3 Å². The van der Waals surface area contributed by atoms with Crippen molar-refractivity contribution in [1.82, 2.24) is 16.0 Å². The van der Waals surface area contributed by atoms with E-state index in [2.05, 4.69) is 16.0 Å². The topological polar surface area (TPSA) is 194 Å². The van der Waals surface area contributed by atoms with E-state index in [0.717, 1.165) is 0 Å². The number of carbonyl (C=O) groups excluding carboxylic acids is 4. The van der Waals surface area contributed by atoms with E-state index in [4.69, 9.17) is 11.5 Å². The fraction of sp³-hybridized carbons (Fsp3) is 0.688. The average molecular weight is 387 g/mol. The third-order valence-electron chi connectivity index (χ3n) is 4.05. The van der Waals surface area contributed by atoms with Gasteiger partial charge in [0.25, 0.3) is 0 Å². The van der Waals surface area contributed by atoms with E-state index in [0.29, 0.717) is 6.42 Å². The number of aliphatic carboxylic acids is 1. The van der Waals surface area contributed by atoms with Crippen LogP contribution in [0.15, 0.2) is 0 Å². The van der Waals surface area contributed by atoms with Gasteiger partial charge in [0.1, 0.15) is 18.1 Å². The summed E-state index contributed by atoms with van der Waals surface area (Å²) >= 11 is 0. The molecule has 0 aliphatic carbocycles. The van der Waals surface area contributed by atoms with E-state index in [1.165, 1.54) is 6.92 Å². The van der Waals surface area contributed by atoms with Crippen molar-refractivity contribution < 1.29 is 29.1 Å². The van der Waals surface area contributed by atoms with Crippen molar-refractivity contribution in [1.29, 1.82) is 0 Å². The predicted molar refractivity (Wildman–Crippen MR) is 96.0 cm³/mol. The fourth-order valence-corrected chi connectivity index (χ4v) is 2.16. The number of rotatable bonds is 12. The fourth-order valence-electron chi connectivity index (χ4n) is 2.16. The maximum absolute atomic E-state index is 12.5. The predicted octanol–water partition coefficient (Wildman–Crippen LogP) is -2.18. The van der Waals surface area contributed by atoms with Gasteiger partial charge in [0.15, 0.2) is 0 Å². The van der Waals surface area contributed by atoms with Gasteiger partial charge in [-0.2, -0.15) is 0 Å². The highest BCUT2D eigenvalue weighted by Crippen LogP contribution is 2.09. The lowest BCUT2D eigenvalue weighted by Crippen LogP contribution is -2.56. The molecule has 8 N–H and O–H groups in total. The van der Waals surface area contributed by atoms with Crippen LogP contribution in [0.5, 0.6) is 0 Å². The van der Waals surface area contributed by atoms with Crippen LogP contribution in [0.2, 0.25) is 0 Å². The summed E-state index contributed by atoms with van der Waals surface area (Å²) in [6.45, 7) is 4.53. The number of primary amides is 1. The number of hydrogen-bond acceptors (Lipinski definition) is 6. The molecule has 0 aliphatic heterocycles. The zero-order valence-electron chi connectivity index (χ0n) is 15.8. The van der Waals surface area contributed by atoms with Crippen LogP contribution in [0.4, 0.5) is 0 Å². The van der Waals surface area contributed by atoms with Crippen LogP contribution in [0.3, 0.4) is 0 Å². The minimum atomic E-state index is -1.21. The monoisotopic (exact) mass is 387 g/mol. The number of nitrogens with two attached hydrogens (primary N) is 2. The number of carbonyl (C=O) groups is 5. The molecule has 154 valence electrons. The van der Waals surface area contributed by atoms with Crippen molar-refractivity contribution in [3.8, 4) is 0 Å². The lowest BCUT2D eigenvalue weighted by Gasteiger charge is -2.25. The molecule has 27 heavy (non-hydrogen) atoms. The van der Waals surface area contributed by atoms with Gasteiger partial charge in [-0.1, -0.05) is 20.3 Å². The summed E-state index contributed by atoms with van der Waals surface area (Å²) in [5, 5.41) is 16.4. The van der Waals surface area contributed by atoms with Crippen molar-refractivity contribution >= 4 is 29.6 Å². The van der Waals surface area contributed by atoms with Gasteiger partial charge in [0, 0.05) is 6.42 Å². The molecule has 0 radical (unpaired) electrons. The lowest BCUT2D eigenvalue weighted by atomic mass is 9.98. The Hall–Kier alpha value is -2.69. The first kappa shape index (κ1) is 24.3. The zero-order chi connectivity index (χ0) is 21.1. The molecule has 4 unspecified atom stereocenters. The van der Waals surface area contributed by atoms with Gasteiger partial charge in [0.05, 0.1) is 6.54 Å². The minimum Gasteiger partial charge on any atom is -0.480 e. The van der Waals surface area contributed by atoms with Crippen LogP contribution in [0.25, 0.3) is 0 Å². The quantitative estimate of drug-likeness (QED) is 0.219. The Morgan fingerprint density at radius 3 is 2.04 bits per heavy atom. The first-order valence-corrected chi connectivity index (χ1v) is 8.64. The van der Waals surface area contributed by atoms with Crippen LogP contribution in [0.1, 0.15) is 40.0 Å². The third kappa shape index (κ3) is 8.99. The van der Waals surface area contributed by atoms with Gasteiger partial charge >= 0.3 is 5.97 Å². The Morgan fingerprint density at radius 1 is 1.00 bits per heavy atom. The molecule has 0 saturated heterocycles. The molecule has 4 amide bonds. The second-order valence-corrected chi connectivity index (χ2v) is 6.27. The highest BCUT2D eigenvalue weighted by molar-refractivity contribution is 5.93. The van der Waals surface area contributed by atoms with E-state index in [9.17, 15) is 29.1 Å². The SMILES string of the molecule is CCC(C)C(NC(=O)C(CCC(N)=O)NC(=O)C(C)NC(=O)CN)C(=O)O. The average Bonchev–Trinajstić information content (AvgIpc) is 2.61. The van der Waals surface area contributed by atoms with Gasteiger partial charge in [0.2, 0.25) is 23.6 Å². The molecule has 11 nitrogen and oxygen atoms in total. The van der Waals surface area contributed by atoms with E-state index in [1.54, 1.807) is 13.8 Å². The Bertz CT molecular complexity index is 568. The number of carboxylic acids is 1. The second-order valence-electron chi connectivity index (χ2n) is 6.27. The maximum Gasteiger partial charge on any atom is 0.326 e. The molecule has 0 aliphatic rings. The number of carboxylic acid groups (broad SMARTS) is 1. The standard InChI is InChI=1S/C16H29N5O6/c1-4-8(2)13(16(26)27)21-15(25)10(5-6-11(18)22)20-14(24)9(3)19-12(23)7-17/h8-10,13H,4-7,17H2,1-3H3,(H2,18,22)(H,19,23)(H,20,24)(H,21,25)(H,26,27). The zero-order valence-corrected chi connectivity index (χ0v) is 15.8. The van der Waals surface area contributed by atoms with Crippen LogP contribution < -0.4 is 27.4 Å². The number of nitrogens with one attached hydrogen (secondary N) is 3. The molecule has 0 heterocycles. The van der Waals surface area contributed by atoms with E-state index in [-0.39, 0.29) is 25.3 Å². The molecule has 0 spiro atoms. The summed E-state index contributed by atoms with van der Waals surface area (Å²) < 4.78 is 0. The number of hydrogen-bond donors (Lipinski definition) is 6. The Morgan fingerprint density at radius 2 is 1.59 bits per heavy atom. The Kier molecular flexibility index (Phi) is 10.7. The van der Waals surface area contributed by atoms with Crippen molar-refractivity contribution in [3.05, 3.63) is 0 Å². The van der Waals surface area contributed by atoms with Crippen LogP contribution in [-0.4, -0.2) is 59.4 Å². The summed E-state index contributed by atoms with van der Waals surface area (Å²) in [7, 11) is 0. The molecule has 4 atom stereocenters. The number of amides is 4. The third-order valence-corrected chi connectivity index (χ3v) is 4.05. The lowest BCUT2D eigenvalue weighted by molar-refractivity contribution is -0.144. The van der Waals surface area contributed by atoms with Crippen molar-refractivity contribution in [2.75, 3.05) is 6.54 Å². The van der Waals surface area contributed by atoms with Gasteiger partial charge in [-0.15, -0.1) is 0 Å². The molecule has 0 fully saturated rings. The highest BCUT2D eigenvalue weighted by Gasteiger charge is 2.30. The smallest absolute Gasteiger partial charge is 0.326 e. The molecule has 0 bridgehead atoms. The van der Waals surface area contributed by atoms with Crippen LogP contribution >= 0.6 is 0 Å². The first-order valence-electron chi connectivity index (χ1n) is 8.64. The molecule has 11 heteroatoms. The summed E-state index contributed by atoms with van der Waals surface area (Å²) in [5.74, 6) is -4.23. The maximum atomic E-state index is 12.5. The second kappa shape index (κ2) is 11.8. The summed E-state index contributed by atoms with van der Waals surface area (Å²) in [5.41, 5.74) is 10.2. The van der Waals surface area contributed by atoms with E-state index >= 15 is 0 Å². The van der Waals surface area contributed by atoms with E-state index < -0.39 is 47.7 Å². The summed E-state index contributed by atoms with van der Waals surface area (Å²) in [6, 6.07) is -3.31. The Labute approximate surface area is 157 Å². The highest BCUT2D eigenvalue weighted by atomic mass is 16.4. The molecule has 0 aromatic carbocycles. The minimum absolute atomic E-state index is 0.114. The Balaban J connectivity index is 5.18. The van der Waals surface area contributed by atoms with Crippen LogP contribution in [-0.2, 0) is 24.0 Å². The van der Waals surface area contributed by atoms with Gasteiger partial charge < -0.3 is 32.5 Å². The molecular formula is C16H29N5O6. The molecule has 0 rings (SSSR count). The summed E-state index contributed by atoms with van der Waals surface area (Å²) in [4.78, 5) is 58.3. The van der Waals surface area contributed by atoms with Gasteiger partial charge in [-0.3, -0.25) is 19.2 Å². The van der Waals surface area contributed by atoms with Crippen molar-refractivity contribution in [3.63, 3.8) is 0 Å². The normalized spacial score (nSPS) is 15.0. The first-order chi connectivity index (χ1) is 12.5. The molecule has 0 saturated carbocycles. The van der Waals surface area contributed by atoms with Crippen molar-refractivity contribution in [2.45, 2.75) is 58.2 Å². The molecule has 0 aromatic heterocycles. The molecular weight excluding hydrogens is 358 g/mol.